The van der Waals surface area contributed by atoms with Crippen molar-refractivity contribution in [3.05, 3.63) is 83.7 Å². The maximum Gasteiger partial charge on any atom is 0.325 e. The summed E-state index contributed by atoms with van der Waals surface area (Å²) in [5.74, 6) is -0.850. The predicted molar refractivity (Wildman–Crippen MR) is 96.9 cm³/mol. The molecule has 0 saturated heterocycles. The van der Waals surface area contributed by atoms with E-state index in [1.807, 2.05) is 67.6 Å². The Hall–Kier alpha value is -3.41. The predicted octanol–water partition coefficient (Wildman–Crippen LogP) is 2.65. The maximum absolute atomic E-state index is 12.3. The fraction of sp³-hybridized carbons (Fsp3) is 0.150. The molecule has 0 aliphatic rings. The van der Waals surface area contributed by atoms with E-state index < -0.39 is 5.97 Å². The molecule has 6 nitrogen and oxygen atoms in total. The van der Waals surface area contributed by atoms with Crippen LogP contribution in [0.25, 0.3) is 5.69 Å². The molecule has 1 aromatic heterocycles. The molecule has 6 heteroatoms. The van der Waals surface area contributed by atoms with Gasteiger partial charge in [0.2, 0.25) is 0 Å². The lowest BCUT2D eigenvalue weighted by Gasteiger charge is -2.07. The summed E-state index contributed by atoms with van der Waals surface area (Å²) in [7, 11) is 0. The normalized spacial score (nSPS) is 10.3. The largest absolute Gasteiger partial charge is 0.460 e. The van der Waals surface area contributed by atoms with Gasteiger partial charge in [0, 0.05) is 0 Å². The van der Waals surface area contributed by atoms with Gasteiger partial charge in [0.15, 0.2) is 0 Å². The van der Waals surface area contributed by atoms with Gasteiger partial charge in [-0.05, 0) is 24.6 Å². The molecule has 0 atom stereocenters. The third-order valence-electron chi connectivity index (χ3n) is 3.89. The maximum atomic E-state index is 12.3. The molecule has 2 aromatic carbocycles. The smallest absolute Gasteiger partial charge is 0.325 e. The fourth-order valence-corrected chi connectivity index (χ4v) is 2.50. The average molecular weight is 349 g/mol. The van der Waals surface area contributed by atoms with E-state index in [0.717, 1.165) is 11.3 Å². The zero-order valence-electron chi connectivity index (χ0n) is 14.4. The Bertz CT molecular complexity index is 889. The van der Waals surface area contributed by atoms with E-state index in [2.05, 4.69) is 10.4 Å². The lowest BCUT2D eigenvalue weighted by molar-refractivity contribution is -0.143. The van der Waals surface area contributed by atoms with Crippen molar-refractivity contribution in [3.8, 4) is 5.69 Å². The summed E-state index contributed by atoms with van der Waals surface area (Å²) in [6, 6.07) is 18.9. The molecule has 0 aliphatic heterocycles. The van der Waals surface area contributed by atoms with Crippen molar-refractivity contribution in [1.82, 2.24) is 15.1 Å². The van der Waals surface area contributed by atoms with Crippen molar-refractivity contribution in [2.75, 3.05) is 6.54 Å². The summed E-state index contributed by atoms with van der Waals surface area (Å²) in [6.07, 6.45) is 1.49. The molecule has 0 bridgehead atoms. The zero-order valence-corrected chi connectivity index (χ0v) is 14.4. The number of para-hydroxylation sites is 1. The van der Waals surface area contributed by atoms with Crippen molar-refractivity contribution in [1.29, 1.82) is 0 Å². The molecule has 132 valence electrons. The van der Waals surface area contributed by atoms with E-state index >= 15 is 0 Å². The van der Waals surface area contributed by atoms with Gasteiger partial charge < -0.3 is 10.1 Å². The van der Waals surface area contributed by atoms with Crippen LogP contribution in [0.4, 0.5) is 0 Å². The van der Waals surface area contributed by atoms with Gasteiger partial charge in [-0.25, -0.2) is 4.68 Å². The molecule has 1 N–H and O–H groups in total. The second-order valence-corrected chi connectivity index (χ2v) is 5.72. The first-order valence-electron chi connectivity index (χ1n) is 8.23. The number of carbonyl (C=O) groups excluding carboxylic acids is 2. The van der Waals surface area contributed by atoms with E-state index in [-0.39, 0.29) is 19.1 Å². The minimum Gasteiger partial charge on any atom is -0.460 e. The number of benzene rings is 2. The third-order valence-corrected chi connectivity index (χ3v) is 3.89. The molecule has 0 unspecified atom stereocenters. The van der Waals surface area contributed by atoms with Gasteiger partial charge in [0.25, 0.3) is 5.91 Å². The Balaban J connectivity index is 1.55. The first-order valence-corrected chi connectivity index (χ1v) is 8.23. The van der Waals surface area contributed by atoms with Crippen molar-refractivity contribution < 1.29 is 14.3 Å². The summed E-state index contributed by atoms with van der Waals surface area (Å²) >= 11 is 0. The van der Waals surface area contributed by atoms with Gasteiger partial charge in [-0.3, -0.25) is 9.59 Å². The first kappa shape index (κ1) is 17.4. The molecule has 26 heavy (non-hydrogen) atoms. The van der Waals surface area contributed by atoms with Crippen LogP contribution in [-0.2, 0) is 16.1 Å². The Labute approximate surface area is 151 Å². The molecule has 1 amide bonds. The van der Waals surface area contributed by atoms with Crippen molar-refractivity contribution in [2.24, 2.45) is 0 Å². The van der Waals surface area contributed by atoms with Gasteiger partial charge >= 0.3 is 5.97 Å². The number of amides is 1. The number of hydrogen-bond acceptors (Lipinski definition) is 4. The first-order chi connectivity index (χ1) is 12.6. The molecule has 3 rings (SSSR count). The van der Waals surface area contributed by atoms with Crippen LogP contribution in [-0.4, -0.2) is 28.2 Å². The molecule has 0 spiro atoms. The molecular weight excluding hydrogens is 330 g/mol. The second-order valence-electron chi connectivity index (χ2n) is 5.72. The summed E-state index contributed by atoms with van der Waals surface area (Å²) < 4.78 is 6.83. The van der Waals surface area contributed by atoms with Crippen LogP contribution >= 0.6 is 0 Å². The number of nitrogens with one attached hydrogen (secondary N) is 1. The Morgan fingerprint density at radius 2 is 1.69 bits per heavy atom. The van der Waals surface area contributed by atoms with Crippen molar-refractivity contribution in [2.45, 2.75) is 13.5 Å². The standard InChI is InChI=1S/C20H19N3O3/c1-15-18(12-22-23(15)17-10-6-3-7-11-17)20(25)21-13-19(24)26-14-16-8-4-2-5-9-16/h2-12H,13-14H2,1H3,(H,21,25). The summed E-state index contributed by atoms with van der Waals surface area (Å²) in [5, 5.41) is 6.82. The second kappa shape index (κ2) is 8.11. The number of carbonyl (C=O) groups is 2. The quantitative estimate of drug-likeness (QED) is 0.695. The molecule has 1 heterocycles. The number of aromatic nitrogens is 2. The van der Waals surface area contributed by atoms with Crippen LogP contribution in [0.3, 0.4) is 0 Å². The highest BCUT2D eigenvalue weighted by molar-refractivity contribution is 5.96. The Kier molecular flexibility index (Phi) is 5.43. The zero-order chi connectivity index (χ0) is 18.4. The molecule has 0 radical (unpaired) electrons. The third kappa shape index (κ3) is 4.16. The van der Waals surface area contributed by atoms with Gasteiger partial charge in [0.05, 0.1) is 23.1 Å². The van der Waals surface area contributed by atoms with Crippen LogP contribution in [0, 0.1) is 6.92 Å². The molecule has 0 saturated carbocycles. The van der Waals surface area contributed by atoms with E-state index in [9.17, 15) is 9.59 Å². The van der Waals surface area contributed by atoms with Gasteiger partial charge in [-0.15, -0.1) is 0 Å². The summed E-state index contributed by atoms with van der Waals surface area (Å²) in [4.78, 5) is 24.1. The lowest BCUT2D eigenvalue weighted by atomic mass is 10.2. The average Bonchev–Trinajstić information content (AvgIpc) is 3.07. The van der Waals surface area contributed by atoms with Crippen LogP contribution in [0.15, 0.2) is 66.9 Å². The number of esters is 1. The van der Waals surface area contributed by atoms with Crippen LogP contribution in [0.1, 0.15) is 21.6 Å². The molecular formula is C20H19N3O3. The number of hydrogen-bond donors (Lipinski definition) is 1. The van der Waals surface area contributed by atoms with Gasteiger partial charge in [-0.2, -0.15) is 5.10 Å². The minimum atomic E-state index is -0.490. The SMILES string of the molecule is Cc1c(C(=O)NCC(=O)OCc2ccccc2)cnn1-c1ccccc1. The fourth-order valence-electron chi connectivity index (χ4n) is 2.50. The number of rotatable bonds is 6. The van der Waals surface area contributed by atoms with Gasteiger partial charge in [0.1, 0.15) is 13.2 Å². The molecule has 3 aromatic rings. The monoisotopic (exact) mass is 349 g/mol. The molecule has 0 fully saturated rings. The van der Waals surface area contributed by atoms with E-state index in [0.29, 0.717) is 11.3 Å². The minimum absolute atomic E-state index is 0.181. The van der Waals surface area contributed by atoms with Crippen LogP contribution in [0.5, 0.6) is 0 Å². The summed E-state index contributed by atoms with van der Waals surface area (Å²) in [5.41, 5.74) is 2.88. The van der Waals surface area contributed by atoms with E-state index in [1.165, 1.54) is 6.20 Å². The highest BCUT2D eigenvalue weighted by Gasteiger charge is 2.16. The van der Waals surface area contributed by atoms with Crippen LogP contribution < -0.4 is 5.32 Å². The van der Waals surface area contributed by atoms with Crippen LogP contribution in [0.2, 0.25) is 0 Å². The van der Waals surface area contributed by atoms with Crippen molar-refractivity contribution >= 4 is 11.9 Å². The topological polar surface area (TPSA) is 73.2 Å². The highest BCUT2D eigenvalue weighted by Crippen LogP contribution is 2.13. The van der Waals surface area contributed by atoms with Gasteiger partial charge in [-0.1, -0.05) is 48.5 Å². The van der Waals surface area contributed by atoms with E-state index in [1.54, 1.807) is 4.68 Å². The highest BCUT2D eigenvalue weighted by atomic mass is 16.5. The number of ether oxygens (including phenoxy) is 1. The summed E-state index contributed by atoms with van der Waals surface area (Å²) in [6.45, 7) is 1.80. The Morgan fingerprint density at radius 3 is 2.38 bits per heavy atom. The number of nitrogens with zero attached hydrogens (tertiary/aromatic N) is 2. The van der Waals surface area contributed by atoms with E-state index in [4.69, 9.17) is 4.74 Å². The molecule has 0 aliphatic carbocycles. The lowest BCUT2D eigenvalue weighted by Crippen LogP contribution is -2.30. The van der Waals surface area contributed by atoms with Crippen molar-refractivity contribution in [3.63, 3.8) is 0 Å². The Morgan fingerprint density at radius 1 is 1.04 bits per heavy atom.